The van der Waals surface area contributed by atoms with E-state index in [2.05, 4.69) is 32.6 Å². The van der Waals surface area contributed by atoms with Crippen LogP contribution in [0.15, 0.2) is 0 Å². The standard InChI is InChI=1S/C14H30N2/c1-12-10-16(11-13(12)2)9-5-6-14(3,4)7-8-15/h12-13H,5-11,15H2,1-4H3. The van der Waals surface area contributed by atoms with Gasteiger partial charge in [0.1, 0.15) is 0 Å². The summed E-state index contributed by atoms with van der Waals surface area (Å²) < 4.78 is 0. The maximum atomic E-state index is 5.63. The normalized spacial score (nSPS) is 27.6. The number of rotatable bonds is 6. The third-order valence-corrected chi connectivity index (χ3v) is 4.21. The van der Waals surface area contributed by atoms with Gasteiger partial charge in [0.15, 0.2) is 0 Å². The Balaban J connectivity index is 2.16. The van der Waals surface area contributed by atoms with Gasteiger partial charge in [-0.3, -0.25) is 0 Å². The Morgan fingerprint density at radius 1 is 1.12 bits per heavy atom. The lowest BCUT2D eigenvalue weighted by Gasteiger charge is -2.25. The molecule has 0 saturated carbocycles. The van der Waals surface area contributed by atoms with Crippen molar-refractivity contribution in [3.63, 3.8) is 0 Å². The van der Waals surface area contributed by atoms with Crippen LogP contribution >= 0.6 is 0 Å². The molecular formula is C14H30N2. The molecule has 1 aliphatic rings. The van der Waals surface area contributed by atoms with E-state index in [1.807, 2.05) is 0 Å². The van der Waals surface area contributed by atoms with Crippen LogP contribution in [0.2, 0.25) is 0 Å². The summed E-state index contributed by atoms with van der Waals surface area (Å²) in [6, 6.07) is 0. The summed E-state index contributed by atoms with van der Waals surface area (Å²) in [7, 11) is 0. The number of hydrogen-bond donors (Lipinski definition) is 1. The molecule has 0 spiro atoms. The molecule has 0 amide bonds. The SMILES string of the molecule is CC1CN(CCCC(C)(C)CCN)CC1C. The number of hydrogen-bond acceptors (Lipinski definition) is 2. The fourth-order valence-corrected chi connectivity index (χ4v) is 2.73. The summed E-state index contributed by atoms with van der Waals surface area (Å²) in [5.74, 6) is 1.77. The van der Waals surface area contributed by atoms with Crippen LogP contribution in [0.4, 0.5) is 0 Å². The Morgan fingerprint density at radius 3 is 2.19 bits per heavy atom. The van der Waals surface area contributed by atoms with Crippen LogP contribution in [0.3, 0.4) is 0 Å². The molecule has 1 rings (SSSR count). The van der Waals surface area contributed by atoms with E-state index in [9.17, 15) is 0 Å². The average Bonchev–Trinajstić information content (AvgIpc) is 2.45. The molecular weight excluding hydrogens is 196 g/mol. The lowest BCUT2D eigenvalue weighted by molar-refractivity contribution is 0.258. The molecule has 2 heteroatoms. The van der Waals surface area contributed by atoms with Crippen LogP contribution in [-0.2, 0) is 0 Å². The molecule has 16 heavy (non-hydrogen) atoms. The Hall–Kier alpha value is -0.0800. The summed E-state index contributed by atoms with van der Waals surface area (Å²) in [6.45, 7) is 14.2. The van der Waals surface area contributed by atoms with Gasteiger partial charge < -0.3 is 10.6 Å². The number of likely N-dealkylation sites (tertiary alicyclic amines) is 1. The first kappa shape index (κ1) is 14.0. The monoisotopic (exact) mass is 226 g/mol. The topological polar surface area (TPSA) is 29.3 Å². The average molecular weight is 226 g/mol. The summed E-state index contributed by atoms with van der Waals surface area (Å²) in [4.78, 5) is 2.63. The van der Waals surface area contributed by atoms with E-state index in [0.29, 0.717) is 5.41 Å². The largest absolute Gasteiger partial charge is 0.330 e. The van der Waals surface area contributed by atoms with Crippen LogP contribution in [0, 0.1) is 17.3 Å². The van der Waals surface area contributed by atoms with Gasteiger partial charge in [0, 0.05) is 13.1 Å². The van der Waals surface area contributed by atoms with Gasteiger partial charge >= 0.3 is 0 Å². The second-order valence-corrected chi connectivity index (χ2v) is 6.52. The van der Waals surface area contributed by atoms with E-state index in [-0.39, 0.29) is 0 Å². The molecule has 0 aromatic rings. The van der Waals surface area contributed by atoms with Gasteiger partial charge in [0.05, 0.1) is 0 Å². The third-order valence-electron chi connectivity index (χ3n) is 4.21. The fraction of sp³-hybridized carbons (Fsp3) is 1.00. The van der Waals surface area contributed by atoms with Gasteiger partial charge in [0.2, 0.25) is 0 Å². The maximum absolute atomic E-state index is 5.63. The quantitative estimate of drug-likeness (QED) is 0.754. The minimum atomic E-state index is 0.436. The first-order valence-electron chi connectivity index (χ1n) is 6.87. The molecule has 1 fully saturated rings. The lowest BCUT2D eigenvalue weighted by Crippen LogP contribution is -2.24. The van der Waals surface area contributed by atoms with E-state index in [1.165, 1.54) is 32.5 Å². The van der Waals surface area contributed by atoms with Gasteiger partial charge in [0.25, 0.3) is 0 Å². The van der Waals surface area contributed by atoms with E-state index in [0.717, 1.165) is 24.8 Å². The zero-order chi connectivity index (χ0) is 12.2. The van der Waals surface area contributed by atoms with Crippen molar-refractivity contribution in [2.75, 3.05) is 26.2 Å². The van der Waals surface area contributed by atoms with Crippen LogP contribution in [0.5, 0.6) is 0 Å². The number of nitrogens with two attached hydrogens (primary N) is 1. The molecule has 1 heterocycles. The van der Waals surface area contributed by atoms with E-state index in [4.69, 9.17) is 5.73 Å². The van der Waals surface area contributed by atoms with Crippen molar-refractivity contribution in [3.8, 4) is 0 Å². The van der Waals surface area contributed by atoms with Crippen molar-refractivity contribution >= 4 is 0 Å². The highest BCUT2D eigenvalue weighted by molar-refractivity contribution is 4.79. The van der Waals surface area contributed by atoms with Gasteiger partial charge in [-0.05, 0) is 49.6 Å². The second-order valence-electron chi connectivity index (χ2n) is 6.52. The predicted molar refractivity (Wildman–Crippen MR) is 71.5 cm³/mol. The highest BCUT2D eigenvalue weighted by atomic mass is 15.1. The molecule has 96 valence electrons. The van der Waals surface area contributed by atoms with Crippen molar-refractivity contribution in [2.24, 2.45) is 23.0 Å². The van der Waals surface area contributed by atoms with Crippen molar-refractivity contribution in [2.45, 2.75) is 47.0 Å². The van der Waals surface area contributed by atoms with Crippen LogP contribution in [0.25, 0.3) is 0 Å². The van der Waals surface area contributed by atoms with Gasteiger partial charge in [-0.2, -0.15) is 0 Å². The first-order valence-corrected chi connectivity index (χ1v) is 6.87. The van der Waals surface area contributed by atoms with Crippen molar-refractivity contribution in [3.05, 3.63) is 0 Å². The third kappa shape index (κ3) is 4.42. The zero-order valence-corrected chi connectivity index (χ0v) is 11.6. The van der Waals surface area contributed by atoms with E-state index < -0.39 is 0 Å². The van der Waals surface area contributed by atoms with Crippen molar-refractivity contribution in [1.29, 1.82) is 0 Å². The second kappa shape index (κ2) is 6.02. The smallest absolute Gasteiger partial charge is 0.00102 e. The highest BCUT2D eigenvalue weighted by Crippen LogP contribution is 2.27. The first-order chi connectivity index (χ1) is 7.44. The molecule has 2 N–H and O–H groups in total. The number of nitrogens with zero attached hydrogens (tertiary/aromatic N) is 1. The van der Waals surface area contributed by atoms with Crippen LogP contribution in [-0.4, -0.2) is 31.1 Å². The molecule has 1 aliphatic heterocycles. The van der Waals surface area contributed by atoms with E-state index >= 15 is 0 Å². The molecule has 0 aromatic heterocycles. The molecule has 2 unspecified atom stereocenters. The van der Waals surface area contributed by atoms with Crippen LogP contribution in [0.1, 0.15) is 47.0 Å². The maximum Gasteiger partial charge on any atom is 0.00102 e. The van der Waals surface area contributed by atoms with E-state index in [1.54, 1.807) is 0 Å². The molecule has 0 bridgehead atoms. The van der Waals surface area contributed by atoms with Gasteiger partial charge in [-0.25, -0.2) is 0 Å². The van der Waals surface area contributed by atoms with Crippen LogP contribution < -0.4 is 5.73 Å². The van der Waals surface area contributed by atoms with Gasteiger partial charge in [-0.1, -0.05) is 27.7 Å². The van der Waals surface area contributed by atoms with Gasteiger partial charge in [-0.15, -0.1) is 0 Å². The molecule has 1 saturated heterocycles. The summed E-state index contributed by atoms with van der Waals surface area (Å²) in [5.41, 5.74) is 6.07. The highest BCUT2D eigenvalue weighted by Gasteiger charge is 2.26. The summed E-state index contributed by atoms with van der Waals surface area (Å²) in [6.07, 6.45) is 3.79. The molecule has 2 nitrogen and oxygen atoms in total. The molecule has 0 radical (unpaired) electrons. The minimum Gasteiger partial charge on any atom is -0.330 e. The fourth-order valence-electron chi connectivity index (χ4n) is 2.73. The Labute approximate surface area is 102 Å². The molecule has 0 aromatic carbocycles. The molecule has 0 aliphatic carbocycles. The summed E-state index contributed by atoms with van der Waals surface area (Å²) >= 11 is 0. The van der Waals surface area contributed by atoms with Crippen molar-refractivity contribution in [1.82, 2.24) is 4.90 Å². The Morgan fingerprint density at radius 2 is 1.69 bits per heavy atom. The Kier molecular flexibility index (Phi) is 5.26. The Bertz CT molecular complexity index is 191. The lowest BCUT2D eigenvalue weighted by atomic mass is 9.84. The molecule has 2 atom stereocenters. The van der Waals surface area contributed by atoms with Crippen molar-refractivity contribution < 1.29 is 0 Å². The summed E-state index contributed by atoms with van der Waals surface area (Å²) in [5, 5.41) is 0. The predicted octanol–water partition coefficient (Wildman–Crippen LogP) is 2.73. The zero-order valence-electron chi connectivity index (χ0n) is 11.6. The minimum absolute atomic E-state index is 0.436.